The number of carbonyl (C=O) groups excluding carboxylic acids is 2. The normalized spacial score (nSPS) is 18.2. The van der Waals surface area contributed by atoms with Crippen molar-refractivity contribution in [1.29, 1.82) is 0 Å². The van der Waals surface area contributed by atoms with E-state index in [0.29, 0.717) is 25.8 Å². The number of hydrogen-bond acceptors (Lipinski definition) is 3. The summed E-state index contributed by atoms with van der Waals surface area (Å²) in [6, 6.07) is 7.86. The number of amides is 2. The topological polar surface area (TPSA) is 86.7 Å². The summed E-state index contributed by atoms with van der Waals surface area (Å²) in [4.78, 5) is 37.9. The number of rotatable bonds is 7. The minimum atomic E-state index is -0.982. The van der Waals surface area contributed by atoms with Gasteiger partial charge in [-0.05, 0) is 30.7 Å². The number of aliphatic carboxylic acids is 1. The van der Waals surface area contributed by atoms with Gasteiger partial charge in [0.15, 0.2) is 0 Å². The monoisotopic (exact) mass is 346 g/mol. The zero-order valence-corrected chi connectivity index (χ0v) is 14.8. The highest BCUT2D eigenvalue weighted by Crippen LogP contribution is 2.20. The Bertz CT molecular complexity index is 615. The van der Waals surface area contributed by atoms with Gasteiger partial charge in [-0.3, -0.25) is 9.59 Å². The van der Waals surface area contributed by atoms with Crippen LogP contribution in [0.4, 0.5) is 0 Å². The van der Waals surface area contributed by atoms with Gasteiger partial charge in [0.25, 0.3) is 0 Å². The van der Waals surface area contributed by atoms with Gasteiger partial charge in [0, 0.05) is 6.54 Å². The van der Waals surface area contributed by atoms with E-state index in [1.54, 1.807) is 0 Å². The first-order valence-corrected chi connectivity index (χ1v) is 8.75. The quantitative estimate of drug-likeness (QED) is 0.789. The van der Waals surface area contributed by atoms with Crippen LogP contribution in [-0.2, 0) is 20.8 Å². The number of carbonyl (C=O) groups is 3. The lowest BCUT2D eigenvalue weighted by Gasteiger charge is -2.28. The van der Waals surface area contributed by atoms with E-state index in [9.17, 15) is 19.5 Å². The Morgan fingerprint density at radius 3 is 2.52 bits per heavy atom. The fourth-order valence-corrected chi connectivity index (χ4v) is 3.21. The molecule has 1 saturated heterocycles. The van der Waals surface area contributed by atoms with Crippen LogP contribution < -0.4 is 5.32 Å². The maximum Gasteiger partial charge on any atom is 0.326 e. The third-order valence-electron chi connectivity index (χ3n) is 4.37. The third kappa shape index (κ3) is 5.31. The van der Waals surface area contributed by atoms with Crippen LogP contribution >= 0.6 is 0 Å². The summed E-state index contributed by atoms with van der Waals surface area (Å²) in [5.41, 5.74) is 0.875. The van der Waals surface area contributed by atoms with Gasteiger partial charge < -0.3 is 15.3 Å². The van der Waals surface area contributed by atoms with Gasteiger partial charge in [-0.2, -0.15) is 0 Å². The first-order chi connectivity index (χ1) is 11.9. The molecule has 2 rings (SSSR count). The van der Waals surface area contributed by atoms with Crippen molar-refractivity contribution in [2.24, 2.45) is 5.92 Å². The number of nitrogens with zero attached hydrogens (tertiary/aromatic N) is 1. The molecule has 0 aliphatic carbocycles. The van der Waals surface area contributed by atoms with Crippen molar-refractivity contribution in [3.63, 3.8) is 0 Å². The average molecular weight is 346 g/mol. The summed E-state index contributed by atoms with van der Waals surface area (Å²) in [5.74, 6) is -1.29. The molecule has 0 saturated carbocycles. The zero-order chi connectivity index (χ0) is 18.4. The lowest BCUT2D eigenvalue weighted by atomic mass is 10.0. The molecule has 2 atom stereocenters. The van der Waals surface area contributed by atoms with Crippen LogP contribution in [0.1, 0.15) is 38.7 Å². The van der Waals surface area contributed by atoms with Crippen molar-refractivity contribution in [3.8, 4) is 0 Å². The van der Waals surface area contributed by atoms with Crippen LogP contribution in [-0.4, -0.2) is 46.4 Å². The van der Waals surface area contributed by atoms with Gasteiger partial charge in [0.05, 0.1) is 6.42 Å². The molecular weight excluding hydrogens is 320 g/mol. The summed E-state index contributed by atoms with van der Waals surface area (Å²) in [6.45, 7) is 4.38. The molecule has 136 valence electrons. The minimum absolute atomic E-state index is 0.199. The van der Waals surface area contributed by atoms with E-state index in [2.05, 4.69) is 5.32 Å². The zero-order valence-electron chi connectivity index (χ0n) is 14.8. The van der Waals surface area contributed by atoms with Crippen molar-refractivity contribution < 1.29 is 19.5 Å². The summed E-state index contributed by atoms with van der Waals surface area (Å²) >= 11 is 0. The Labute approximate surface area is 148 Å². The Balaban J connectivity index is 2.06. The molecule has 1 aliphatic heterocycles. The van der Waals surface area contributed by atoms with Crippen LogP contribution in [0, 0.1) is 5.92 Å². The second-order valence-corrected chi connectivity index (χ2v) is 6.94. The third-order valence-corrected chi connectivity index (χ3v) is 4.37. The molecule has 1 aromatic carbocycles. The van der Waals surface area contributed by atoms with Crippen LogP contribution in [0.25, 0.3) is 0 Å². The highest BCUT2D eigenvalue weighted by molar-refractivity contribution is 5.91. The first kappa shape index (κ1) is 19.0. The predicted molar refractivity (Wildman–Crippen MR) is 93.9 cm³/mol. The Hall–Kier alpha value is -2.37. The highest BCUT2D eigenvalue weighted by Gasteiger charge is 2.37. The van der Waals surface area contributed by atoms with Gasteiger partial charge in [-0.25, -0.2) is 4.79 Å². The molecule has 1 aromatic rings. The fourth-order valence-electron chi connectivity index (χ4n) is 3.21. The van der Waals surface area contributed by atoms with Crippen molar-refractivity contribution in [3.05, 3.63) is 35.9 Å². The Morgan fingerprint density at radius 1 is 1.24 bits per heavy atom. The SMILES string of the molecule is CC(C)C[C@H](NC(=O)Cc1ccccc1)C(=O)N1CCC[C@H]1C(=O)O. The summed E-state index contributed by atoms with van der Waals surface area (Å²) in [7, 11) is 0. The lowest BCUT2D eigenvalue weighted by molar-refractivity contribution is -0.149. The van der Waals surface area contributed by atoms with E-state index >= 15 is 0 Å². The Kier molecular flexibility index (Phi) is 6.56. The van der Waals surface area contributed by atoms with E-state index in [4.69, 9.17) is 0 Å². The summed E-state index contributed by atoms with van der Waals surface area (Å²) < 4.78 is 0. The molecule has 0 aromatic heterocycles. The van der Waals surface area contributed by atoms with Gasteiger partial charge in [0.1, 0.15) is 12.1 Å². The van der Waals surface area contributed by atoms with E-state index in [1.807, 2.05) is 44.2 Å². The Morgan fingerprint density at radius 2 is 1.92 bits per heavy atom. The highest BCUT2D eigenvalue weighted by atomic mass is 16.4. The van der Waals surface area contributed by atoms with E-state index in [1.165, 1.54) is 4.90 Å². The molecule has 2 amide bonds. The van der Waals surface area contributed by atoms with Crippen LogP contribution in [0.3, 0.4) is 0 Å². The molecule has 1 aliphatic rings. The second-order valence-electron chi connectivity index (χ2n) is 6.94. The van der Waals surface area contributed by atoms with Crippen molar-refractivity contribution in [1.82, 2.24) is 10.2 Å². The lowest BCUT2D eigenvalue weighted by Crippen LogP contribution is -2.52. The van der Waals surface area contributed by atoms with Crippen LogP contribution in [0.2, 0.25) is 0 Å². The van der Waals surface area contributed by atoms with Gasteiger partial charge in [0.2, 0.25) is 11.8 Å². The maximum absolute atomic E-state index is 12.8. The number of hydrogen-bond donors (Lipinski definition) is 2. The molecule has 0 radical (unpaired) electrons. The molecular formula is C19H26N2O4. The molecule has 6 heteroatoms. The number of nitrogens with one attached hydrogen (secondary N) is 1. The van der Waals surface area contributed by atoms with E-state index in [0.717, 1.165) is 5.56 Å². The second kappa shape index (κ2) is 8.65. The number of carboxylic acid groups (broad SMARTS) is 1. The average Bonchev–Trinajstić information content (AvgIpc) is 3.03. The molecule has 6 nitrogen and oxygen atoms in total. The van der Waals surface area contributed by atoms with Crippen LogP contribution in [0.15, 0.2) is 30.3 Å². The molecule has 1 heterocycles. The molecule has 0 spiro atoms. The van der Waals surface area contributed by atoms with Crippen LogP contribution in [0.5, 0.6) is 0 Å². The number of likely N-dealkylation sites (tertiary alicyclic amines) is 1. The predicted octanol–water partition coefficient (Wildman–Crippen LogP) is 1.84. The summed E-state index contributed by atoms with van der Waals surface area (Å²) in [5, 5.41) is 12.1. The van der Waals surface area contributed by atoms with Gasteiger partial charge in [-0.1, -0.05) is 44.2 Å². The van der Waals surface area contributed by atoms with Crippen molar-refractivity contribution in [2.45, 2.75) is 51.6 Å². The van der Waals surface area contributed by atoms with E-state index in [-0.39, 0.29) is 24.2 Å². The molecule has 0 unspecified atom stereocenters. The molecule has 0 bridgehead atoms. The maximum atomic E-state index is 12.8. The first-order valence-electron chi connectivity index (χ1n) is 8.75. The fraction of sp³-hybridized carbons (Fsp3) is 0.526. The number of carboxylic acids is 1. The summed E-state index contributed by atoms with van der Waals surface area (Å²) in [6.07, 6.45) is 1.83. The largest absolute Gasteiger partial charge is 0.480 e. The molecule has 1 fully saturated rings. The number of benzene rings is 1. The molecule has 2 N–H and O–H groups in total. The van der Waals surface area contributed by atoms with Gasteiger partial charge >= 0.3 is 5.97 Å². The van der Waals surface area contributed by atoms with Crippen molar-refractivity contribution in [2.75, 3.05) is 6.54 Å². The minimum Gasteiger partial charge on any atom is -0.480 e. The van der Waals surface area contributed by atoms with Crippen molar-refractivity contribution >= 4 is 17.8 Å². The van der Waals surface area contributed by atoms with Gasteiger partial charge in [-0.15, -0.1) is 0 Å². The van der Waals surface area contributed by atoms with E-state index < -0.39 is 18.1 Å². The smallest absolute Gasteiger partial charge is 0.326 e. The standard InChI is InChI=1S/C19H26N2O4/c1-13(2)11-15(18(23)21-10-6-9-16(21)19(24)25)20-17(22)12-14-7-4-3-5-8-14/h3-5,7-8,13,15-16H,6,9-12H2,1-2H3,(H,20,22)(H,24,25)/t15-,16-/m0/s1. The molecule has 25 heavy (non-hydrogen) atoms.